The van der Waals surface area contributed by atoms with Gasteiger partial charge in [-0.3, -0.25) is 19.3 Å². The third-order valence-electron chi connectivity index (χ3n) is 5.45. The van der Waals surface area contributed by atoms with Crippen LogP contribution >= 0.6 is 0 Å². The first-order chi connectivity index (χ1) is 13.7. The first-order valence-electron chi connectivity index (χ1n) is 9.54. The van der Waals surface area contributed by atoms with Gasteiger partial charge in [0.25, 0.3) is 5.91 Å². The molecule has 1 N–H and O–H groups in total. The maximum atomic E-state index is 13.7. The Balaban J connectivity index is 1.62. The molecule has 3 amide bonds. The molecule has 1 aliphatic carbocycles. The van der Waals surface area contributed by atoms with E-state index in [9.17, 15) is 28.0 Å². The van der Waals surface area contributed by atoms with Crippen LogP contribution in [0.5, 0.6) is 0 Å². The van der Waals surface area contributed by atoms with Crippen LogP contribution in [0.3, 0.4) is 0 Å². The predicted octanol–water partition coefficient (Wildman–Crippen LogP) is 2.40. The topological polar surface area (TPSA) is 92.8 Å². The van der Waals surface area contributed by atoms with Gasteiger partial charge in [-0.15, -0.1) is 0 Å². The molecule has 0 spiro atoms. The lowest BCUT2D eigenvalue weighted by Gasteiger charge is -2.23. The lowest BCUT2D eigenvalue weighted by atomic mass is 9.81. The summed E-state index contributed by atoms with van der Waals surface area (Å²) in [4.78, 5) is 50.7. The number of amides is 3. The lowest BCUT2D eigenvalue weighted by molar-refractivity contribution is -0.163. The normalized spacial score (nSPS) is 23.4. The number of hydrogen-bond donors (Lipinski definition) is 1. The SMILES string of the molecule is C[C@H](OC(=O)[C@H](C)N1C(=O)[C@H]2CCCC[C@H]2C1=O)C(=O)Nc1ccc(F)cc1F. The van der Waals surface area contributed by atoms with Gasteiger partial charge in [-0.05, 0) is 38.8 Å². The fourth-order valence-electron chi connectivity index (χ4n) is 3.83. The highest BCUT2D eigenvalue weighted by molar-refractivity contribution is 6.08. The Morgan fingerprint density at radius 1 is 1.10 bits per heavy atom. The number of halogens is 2. The van der Waals surface area contributed by atoms with E-state index in [4.69, 9.17) is 4.74 Å². The zero-order valence-electron chi connectivity index (χ0n) is 16.1. The van der Waals surface area contributed by atoms with Gasteiger partial charge in [0.15, 0.2) is 6.10 Å². The highest BCUT2D eigenvalue weighted by atomic mass is 19.1. The molecule has 156 valence electrons. The third kappa shape index (κ3) is 4.13. The number of nitrogens with zero attached hydrogens (tertiary/aromatic N) is 1. The van der Waals surface area contributed by atoms with E-state index in [0.717, 1.165) is 29.9 Å². The molecule has 0 radical (unpaired) electrons. The molecule has 4 atom stereocenters. The summed E-state index contributed by atoms with van der Waals surface area (Å²) in [6.07, 6.45) is 1.66. The molecule has 2 fully saturated rings. The summed E-state index contributed by atoms with van der Waals surface area (Å²) in [7, 11) is 0. The number of carbonyl (C=O) groups excluding carboxylic acids is 4. The Labute approximate surface area is 166 Å². The molecule has 2 aliphatic rings. The molecular weight excluding hydrogens is 386 g/mol. The third-order valence-corrected chi connectivity index (χ3v) is 5.45. The zero-order valence-corrected chi connectivity index (χ0v) is 16.1. The van der Waals surface area contributed by atoms with E-state index < -0.39 is 47.5 Å². The van der Waals surface area contributed by atoms with Crippen molar-refractivity contribution < 1.29 is 32.7 Å². The van der Waals surface area contributed by atoms with E-state index in [1.807, 2.05) is 0 Å². The lowest BCUT2D eigenvalue weighted by Crippen LogP contribution is -2.46. The second-order valence-electron chi connectivity index (χ2n) is 7.41. The van der Waals surface area contributed by atoms with Crippen LogP contribution in [-0.2, 0) is 23.9 Å². The molecule has 7 nitrogen and oxygen atoms in total. The molecule has 0 unspecified atom stereocenters. The fraction of sp³-hybridized carbons (Fsp3) is 0.500. The van der Waals surface area contributed by atoms with E-state index in [1.165, 1.54) is 13.8 Å². The number of nitrogens with one attached hydrogen (secondary N) is 1. The van der Waals surface area contributed by atoms with Crippen LogP contribution in [0.4, 0.5) is 14.5 Å². The molecule has 29 heavy (non-hydrogen) atoms. The quantitative estimate of drug-likeness (QED) is 0.597. The van der Waals surface area contributed by atoms with Gasteiger partial charge >= 0.3 is 5.97 Å². The largest absolute Gasteiger partial charge is 0.451 e. The molecule has 9 heteroatoms. The first kappa shape index (κ1) is 20.9. The summed E-state index contributed by atoms with van der Waals surface area (Å²) >= 11 is 0. The van der Waals surface area contributed by atoms with Crippen LogP contribution in [0.1, 0.15) is 39.5 Å². The number of imide groups is 1. The Morgan fingerprint density at radius 2 is 1.69 bits per heavy atom. The minimum atomic E-state index is -1.32. The summed E-state index contributed by atoms with van der Waals surface area (Å²) in [5, 5.41) is 2.20. The Kier molecular flexibility index (Phi) is 5.95. The van der Waals surface area contributed by atoms with Crippen molar-refractivity contribution in [2.45, 2.75) is 51.7 Å². The standard InChI is InChI=1S/C20H22F2N2O5/c1-10(24-18(26)13-5-3-4-6-14(13)19(24)27)20(28)29-11(2)17(25)23-16-8-7-12(21)9-15(16)22/h7-11,13-14H,3-6H2,1-2H3,(H,23,25)/t10-,11-,13-,14+/m0/s1. The van der Waals surface area contributed by atoms with Gasteiger partial charge in [0.1, 0.15) is 17.7 Å². The monoisotopic (exact) mass is 408 g/mol. The summed E-state index contributed by atoms with van der Waals surface area (Å²) in [5.74, 6) is -5.06. The van der Waals surface area contributed by atoms with Gasteiger partial charge in [0, 0.05) is 6.07 Å². The first-order valence-corrected chi connectivity index (χ1v) is 9.54. The number of hydrogen-bond acceptors (Lipinski definition) is 5. The average Bonchev–Trinajstić information content (AvgIpc) is 2.94. The van der Waals surface area contributed by atoms with Crippen LogP contribution in [0.15, 0.2) is 18.2 Å². The van der Waals surface area contributed by atoms with Gasteiger partial charge in [0.2, 0.25) is 11.8 Å². The van der Waals surface area contributed by atoms with E-state index in [1.54, 1.807) is 0 Å². The van der Waals surface area contributed by atoms with Crippen molar-refractivity contribution in [3.8, 4) is 0 Å². The molecular formula is C20H22F2N2O5. The number of fused-ring (bicyclic) bond motifs is 1. The molecule has 0 bridgehead atoms. The van der Waals surface area contributed by atoms with Crippen molar-refractivity contribution in [3.05, 3.63) is 29.8 Å². The molecule has 1 aromatic carbocycles. The van der Waals surface area contributed by atoms with Gasteiger partial charge < -0.3 is 10.1 Å². The van der Waals surface area contributed by atoms with Crippen molar-refractivity contribution in [2.24, 2.45) is 11.8 Å². The van der Waals surface area contributed by atoms with Gasteiger partial charge in [-0.25, -0.2) is 13.6 Å². The van der Waals surface area contributed by atoms with E-state index >= 15 is 0 Å². The summed E-state index contributed by atoms with van der Waals surface area (Å²) in [6.45, 7) is 2.65. The Bertz CT molecular complexity index is 835. The fourth-order valence-corrected chi connectivity index (χ4v) is 3.83. The van der Waals surface area contributed by atoms with Gasteiger partial charge in [-0.2, -0.15) is 0 Å². The number of rotatable bonds is 5. The number of esters is 1. The van der Waals surface area contributed by atoms with Crippen LogP contribution in [0.2, 0.25) is 0 Å². The molecule has 1 aromatic rings. The summed E-state index contributed by atoms with van der Waals surface area (Å²) in [5.41, 5.74) is -0.263. The Morgan fingerprint density at radius 3 is 2.24 bits per heavy atom. The van der Waals surface area contributed by atoms with Gasteiger partial charge in [0.05, 0.1) is 17.5 Å². The smallest absolute Gasteiger partial charge is 0.329 e. The van der Waals surface area contributed by atoms with Gasteiger partial charge in [-0.1, -0.05) is 12.8 Å². The van der Waals surface area contributed by atoms with Crippen molar-refractivity contribution in [1.29, 1.82) is 0 Å². The molecule has 0 aromatic heterocycles. The number of anilines is 1. The van der Waals surface area contributed by atoms with Crippen molar-refractivity contribution in [3.63, 3.8) is 0 Å². The maximum absolute atomic E-state index is 13.7. The molecule has 1 heterocycles. The highest BCUT2D eigenvalue weighted by Gasteiger charge is 2.51. The molecule has 1 aliphatic heterocycles. The van der Waals surface area contributed by atoms with Crippen LogP contribution < -0.4 is 5.32 Å². The van der Waals surface area contributed by atoms with Crippen molar-refractivity contribution in [2.75, 3.05) is 5.32 Å². The average molecular weight is 408 g/mol. The second-order valence-corrected chi connectivity index (χ2v) is 7.41. The van der Waals surface area contributed by atoms with Crippen LogP contribution in [-0.4, -0.2) is 40.7 Å². The molecule has 1 saturated heterocycles. The summed E-state index contributed by atoms with van der Waals surface area (Å²) in [6, 6.07) is 1.46. The number of likely N-dealkylation sites (tertiary alicyclic amines) is 1. The molecule has 1 saturated carbocycles. The second kappa shape index (κ2) is 8.26. The van der Waals surface area contributed by atoms with Crippen LogP contribution in [0, 0.1) is 23.5 Å². The minimum absolute atomic E-state index is 0.263. The van der Waals surface area contributed by atoms with Crippen molar-refractivity contribution >= 4 is 29.4 Å². The van der Waals surface area contributed by atoms with E-state index in [2.05, 4.69) is 5.32 Å². The summed E-state index contributed by atoms with van der Waals surface area (Å²) < 4.78 is 31.7. The number of carbonyl (C=O) groups is 4. The van der Waals surface area contributed by atoms with E-state index in [0.29, 0.717) is 18.9 Å². The maximum Gasteiger partial charge on any atom is 0.329 e. The Hall–Kier alpha value is -2.84. The van der Waals surface area contributed by atoms with Crippen molar-refractivity contribution in [1.82, 2.24) is 4.90 Å². The number of benzene rings is 1. The molecule has 3 rings (SSSR count). The minimum Gasteiger partial charge on any atom is -0.451 e. The predicted molar refractivity (Wildman–Crippen MR) is 97.3 cm³/mol. The number of ether oxygens (including phenoxy) is 1. The van der Waals surface area contributed by atoms with E-state index in [-0.39, 0.29) is 17.5 Å². The van der Waals surface area contributed by atoms with Crippen LogP contribution in [0.25, 0.3) is 0 Å². The zero-order chi connectivity index (χ0) is 21.3. The highest BCUT2D eigenvalue weighted by Crippen LogP contribution is 2.39.